The van der Waals surface area contributed by atoms with Crippen LogP contribution in [0.1, 0.15) is 13.3 Å². The first kappa shape index (κ1) is 11.1. The summed E-state index contributed by atoms with van der Waals surface area (Å²) in [6.07, 6.45) is 2.05. The van der Waals surface area contributed by atoms with Crippen LogP contribution in [0.15, 0.2) is 12.7 Å². The average Bonchev–Trinajstić information content (AvgIpc) is 2.42. The van der Waals surface area contributed by atoms with Gasteiger partial charge in [-0.25, -0.2) is 0 Å². The fourth-order valence-corrected chi connectivity index (χ4v) is 1.76. The molecule has 1 amide bonds. The summed E-state index contributed by atoms with van der Waals surface area (Å²) < 4.78 is 0. The van der Waals surface area contributed by atoms with Gasteiger partial charge in [-0.3, -0.25) is 9.69 Å². The third kappa shape index (κ3) is 1.93. The van der Waals surface area contributed by atoms with Crippen molar-refractivity contribution in [2.75, 3.05) is 6.61 Å². The van der Waals surface area contributed by atoms with Crippen LogP contribution in [-0.2, 0) is 4.79 Å². The molecule has 1 saturated heterocycles. The molecule has 2 N–H and O–H groups in total. The molecule has 0 bridgehead atoms. The van der Waals surface area contributed by atoms with E-state index in [1.165, 1.54) is 4.90 Å². The number of hydrogen-bond acceptors (Lipinski definition) is 3. The molecule has 0 spiro atoms. The second kappa shape index (κ2) is 4.52. The van der Waals surface area contributed by atoms with Crippen LogP contribution in [0.4, 0.5) is 0 Å². The second-order valence-electron chi connectivity index (χ2n) is 3.20. The minimum absolute atomic E-state index is 0.0255. The molecule has 0 radical (unpaired) electrons. The molecule has 1 unspecified atom stereocenters. The van der Waals surface area contributed by atoms with Gasteiger partial charge >= 0.3 is 0 Å². The molecule has 1 heterocycles. The summed E-state index contributed by atoms with van der Waals surface area (Å²) in [4.78, 5) is 13.2. The number of aliphatic hydroxyl groups is 1. The molecule has 5 heteroatoms. The van der Waals surface area contributed by atoms with Crippen LogP contribution in [0.3, 0.4) is 0 Å². The minimum atomic E-state index is -0.380. The molecule has 0 aromatic heterocycles. The van der Waals surface area contributed by atoms with Crippen LogP contribution in [0.25, 0.3) is 0 Å². The highest BCUT2D eigenvalue weighted by Gasteiger charge is 2.36. The van der Waals surface area contributed by atoms with Crippen molar-refractivity contribution in [1.82, 2.24) is 10.2 Å². The van der Waals surface area contributed by atoms with Gasteiger partial charge in [0.05, 0.1) is 6.04 Å². The van der Waals surface area contributed by atoms with Crippen LogP contribution in [0, 0.1) is 0 Å². The van der Waals surface area contributed by atoms with E-state index in [1.807, 2.05) is 6.92 Å². The number of hydrogen-bond donors (Lipinski definition) is 2. The molecule has 2 atom stereocenters. The van der Waals surface area contributed by atoms with Gasteiger partial charge < -0.3 is 10.4 Å². The SMILES string of the molecule is C=CC(C)N1C(=O)[C@@H](CCO)NC1=S. The highest BCUT2D eigenvalue weighted by atomic mass is 32.1. The lowest BCUT2D eigenvalue weighted by molar-refractivity contribution is -0.128. The molecular weight excluding hydrogens is 200 g/mol. The van der Waals surface area contributed by atoms with E-state index in [0.717, 1.165) is 0 Å². The van der Waals surface area contributed by atoms with E-state index >= 15 is 0 Å². The predicted molar refractivity (Wildman–Crippen MR) is 57.7 cm³/mol. The Morgan fingerprint density at radius 2 is 2.50 bits per heavy atom. The summed E-state index contributed by atoms with van der Waals surface area (Å²) in [5.74, 6) is -0.0866. The van der Waals surface area contributed by atoms with Crippen molar-refractivity contribution in [2.24, 2.45) is 0 Å². The fourth-order valence-electron chi connectivity index (χ4n) is 1.36. The highest BCUT2D eigenvalue weighted by molar-refractivity contribution is 7.80. The Balaban J connectivity index is 2.74. The number of nitrogens with zero attached hydrogens (tertiary/aromatic N) is 1. The van der Waals surface area contributed by atoms with Gasteiger partial charge in [0.25, 0.3) is 5.91 Å². The third-order valence-electron chi connectivity index (χ3n) is 2.22. The van der Waals surface area contributed by atoms with Gasteiger partial charge in [0.15, 0.2) is 5.11 Å². The number of aliphatic hydroxyl groups excluding tert-OH is 1. The summed E-state index contributed by atoms with van der Waals surface area (Å²) in [6, 6.07) is -0.485. The first-order chi connectivity index (χ1) is 6.61. The average molecular weight is 214 g/mol. The molecule has 78 valence electrons. The molecule has 0 saturated carbocycles. The van der Waals surface area contributed by atoms with E-state index in [9.17, 15) is 4.79 Å². The quantitative estimate of drug-likeness (QED) is 0.512. The number of carbonyl (C=O) groups excluding carboxylic acids is 1. The smallest absolute Gasteiger partial charge is 0.251 e. The number of rotatable bonds is 4. The summed E-state index contributed by atoms with van der Waals surface area (Å²) in [6.45, 7) is 5.44. The second-order valence-corrected chi connectivity index (χ2v) is 3.59. The molecule has 1 fully saturated rings. The van der Waals surface area contributed by atoms with E-state index in [-0.39, 0.29) is 24.6 Å². The van der Waals surface area contributed by atoms with Crippen molar-refractivity contribution in [1.29, 1.82) is 0 Å². The molecule has 1 aliphatic rings. The Bertz CT molecular complexity index is 268. The summed E-state index contributed by atoms with van der Waals surface area (Å²) in [7, 11) is 0. The summed E-state index contributed by atoms with van der Waals surface area (Å²) in [5, 5.41) is 12.0. The van der Waals surface area contributed by atoms with Gasteiger partial charge in [-0.1, -0.05) is 6.08 Å². The standard InChI is InChI=1S/C9H14N2O2S/c1-3-6(2)11-8(13)7(4-5-12)10-9(11)14/h3,6-7,12H,1,4-5H2,2H3,(H,10,14)/t6?,7-/m1/s1. The van der Waals surface area contributed by atoms with Crippen molar-refractivity contribution in [2.45, 2.75) is 25.4 Å². The molecule has 1 rings (SSSR count). The Kier molecular flexibility index (Phi) is 3.60. The van der Waals surface area contributed by atoms with Crippen LogP contribution >= 0.6 is 12.2 Å². The van der Waals surface area contributed by atoms with E-state index in [1.54, 1.807) is 6.08 Å². The van der Waals surface area contributed by atoms with E-state index in [4.69, 9.17) is 17.3 Å². The Hall–Kier alpha value is -0.940. The number of amides is 1. The first-order valence-electron chi connectivity index (χ1n) is 4.48. The van der Waals surface area contributed by atoms with Crippen molar-refractivity contribution >= 4 is 23.2 Å². The maximum absolute atomic E-state index is 11.7. The first-order valence-corrected chi connectivity index (χ1v) is 4.89. The van der Waals surface area contributed by atoms with Crippen LogP contribution < -0.4 is 5.32 Å². The maximum atomic E-state index is 11.7. The lowest BCUT2D eigenvalue weighted by Crippen LogP contribution is -2.37. The number of nitrogens with one attached hydrogen (secondary N) is 1. The van der Waals surface area contributed by atoms with Crippen LogP contribution in [0.5, 0.6) is 0 Å². The van der Waals surface area contributed by atoms with E-state index in [2.05, 4.69) is 11.9 Å². The fraction of sp³-hybridized carbons (Fsp3) is 0.556. The van der Waals surface area contributed by atoms with Crippen molar-refractivity contribution in [3.63, 3.8) is 0 Å². The largest absolute Gasteiger partial charge is 0.396 e. The van der Waals surface area contributed by atoms with E-state index < -0.39 is 0 Å². The van der Waals surface area contributed by atoms with E-state index in [0.29, 0.717) is 11.5 Å². The molecule has 0 aromatic carbocycles. The molecule has 1 aliphatic heterocycles. The predicted octanol–water partition coefficient (Wildman–Crippen LogP) is 0.0286. The molecule has 14 heavy (non-hydrogen) atoms. The zero-order chi connectivity index (χ0) is 10.7. The molecular formula is C9H14N2O2S. The zero-order valence-corrected chi connectivity index (χ0v) is 8.88. The monoisotopic (exact) mass is 214 g/mol. The Morgan fingerprint density at radius 1 is 1.86 bits per heavy atom. The van der Waals surface area contributed by atoms with Gasteiger partial charge in [-0.05, 0) is 25.6 Å². The normalized spacial score (nSPS) is 23.6. The number of thiocarbonyl (C=S) groups is 1. The maximum Gasteiger partial charge on any atom is 0.251 e. The third-order valence-corrected chi connectivity index (χ3v) is 2.53. The molecule has 0 aliphatic carbocycles. The topological polar surface area (TPSA) is 52.6 Å². The van der Waals surface area contributed by atoms with Crippen molar-refractivity contribution in [3.8, 4) is 0 Å². The summed E-state index contributed by atoms with van der Waals surface area (Å²) >= 11 is 5.02. The lowest BCUT2D eigenvalue weighted by atomic mass is 10.2. The molecule has 4 nitrogen and oxygen atoms in total. The van der Waals surface area contributed by atoms with Gasteiger partial charge in [0.2, 0.25) is 0 Å². The summed E-state index contributed by atoms with van der Waals surface area (Å²) in [5.41, 5.74) is 0. The lowest BCUT2D eigenvalue weighted by Gasteiger charge is -2.19. The molecule has 0 aromatic rings. The van der Waals surface area contributed by atoms with Gasteiger partial charge in [0, 0.05) is 6.61 Å². The van der Waals surface area contributed by atoms with Crippen molar-refractivity contribution in [3.05, 3.63) is 12.7 Å². The van der Waals surface area contributed by atoms with Gasteiger partial charge in [0.1, 0.15) is 6.04 Å². The highest BCUT2D eigenvalue weighted by Crippen LogP contribution is 2.13. The Morgan fingerprint density at radius 3 is 3.00 bits per heavy atom. The van der Waals surface area contributed by atoms with Crippen molar-refractivity contribution < 1.29 is 9.90 Å². The Labute approximate surface area is 88.6 Å². The number of carbonyl (C=O) groups is 1. The van der Waals surface area contributed by atoms with Crippen LogP contribution in [-0.4, -0.2) is 39.7 Å². The minimum Gasteiger partial charge on any atom is -0.396 e. The van der Waals surface area contributed by atoms with Gasteiger partial charge in [-0.2, -0.15) is 0 Å². The zero-order valence-electron chi connectivity index (χ0n) is 8.06. The van der Waals surface area contributed by atoms with Gasteiger partial charge in [-0.15, -0.1) is 6.58 Å². The van der Waals surface area contributed by atoms with Crippen LogP contribution in [0.2, 0.25) is 0 Å².